The van der Waals surface area contributed by atoms with Crippen LogP contribution in [0.1, 0.15) is 45.4 Å². The molecule has 3 atom stereocenters. The quantitative estimate of drug-likeness (QED) is 0.673. The lowest BCUT2D eigenvalue weighted by atomic mass is 10.00. The zero-order valence-electron chi connectivity index (χ0n) is 11.2. The summed E-state index contributed by atoms with van der Waals surface area (Å²) < 4.78 is 23.0. The normalized spacial score (nSPS) is 40.8. The van der Waals surface area contributed by atoms with Crippen molar-refractivity contribution in [1.29, 1.82) is 0 Å². The molecule has 3 unspecified atom stereocenters. The van der Waals surface area contributed by atoms with Gasteiger partial charge in [0.2, 0.25) is 0 Å². The van der Waals surface area contributed by atoms with Gasteiger partial charge in [0.15, 0.2) is 11.6 Å². The van der Waals surface area contributed by atoms with E-state index in [4.69, 9.17) is 18.9 Å². The number of hydrogen-bond donors (Lipinski definition) is 0. The Bertz CT molecular complexity index is 258. The van der Waals surface area contributed by atoms with Crippen LogP contribution in [0.5, 0.6) is 0 Å². The molecule has 17 heavy (non-hydrogen) atoms. The molecule has 0 spiro atoms. The molecule has 4 nitrogen and oxygen atoms in total. The third kappa shape index (κ3) is 2.36. The first-order valence-electron chi connectivity index (χ1n) is 6.62. The molecule has 4 heteroatoms. The summed E-state index contributed by atoms with van der Waals surface area (Å²) in [6, 6.07) is 0. The number of unbranched alkanes of at least 4 members (excludes halogenated alkanes) is 2. The fourth-order valence-electron chi connectivity index (χ4n) is 2.83. The van der Waals surface area contributed by atoms with E-state index in [-0.39, 0.29) is 6.10 Å². The van der Waals surface area contributed by atoms with Gasteiger partial charge < -0.3 is 18.9 Å². The van der Waals surface area contributed by atoms with E-state index in [9.17, 15) is 0 Å². The first-order chi connectivity index (χ1) is 8.20. The molecule has 0 radical (unpaired) electrons. The van der Waals surface area contributed by atoms with Crippen molar-refractivity contribution >= 4 is 0 Å². The molecule has 0 saturated carbocycles. The Balaban J connectivity index is 2.00. The molecule has 100 valence electrons. The van der Waals surface area contributed by atoms with Crippen molar-refractivity contribution in [2.45, 2.75) is 63.1 Å². The van der Waals surface area contributed by atoms with Crippen molar-refractivity contribution in [2.24, 2.45) is 0 Å². The number of ether oxygens (including phenoxy) is 4. The molecule has 0 aromatic carbocycles. The summed E-state index contributed by atoms with van der Waals surface area (Å²) in [5, 5.41) is 0. The van der Waals surface area contributed by atoms with Gasteiger partial charge in [-0.15, -0.1) is 0 Å². The second-order valence-electron chi connectivity index (χ2n) is 5.02. The first-order valence-corrected chi connectivity index (χ1v) is 6.62. The summed E-state index contributed by atoms with van der Waals surface area (Å²) >= 11 is 0. The van der Waals surface area contributed by atoms with Crippen LogP contribution in [-0.4, -0.2) is 38.5 Å². The highest BCUT2D eigenvalue weighted by Gasteiger charge is 2.56. The maximum absolute atomic E-state index is 6.00. The van der Waals surface area contributed by atoms with Crippen molar-refractivity contribution in [3.05, 3.63) is 0 Å². The van der Waals surface area contributed by atoms with E-state index in [1.807, 2.05) is 0 Å². The van der Waals surface area contributed by atoms with E-state index in [1.165, 1.54) is 12.8 Å². The molecule has 2 saturated heterocycles. The van der Waals surface area contributed by atoms with Gasteiger partial charge in [-0.3, -0.25) is 0 Å². The van der Waals surface area contributed by atoms with Crippen LogP contribution in [-0.2, 0) is 18.9 Å². The minimum Gasteiger partial charge on any atom is -0.351 e. The Hall–Kier alpha value is -0.160. The lowest BCUT2D eigenvalue weighted by molar-refractivity contribution is -0.382. The van der Waals surface area contributed by atoms with Crippen molar-refractivity contribution in [1.82, 2.24) is 0 Å². The van der Waals surface area contributed by atoms with Crippen LogP contribution in [0, 0.1) is 0 Å². The van der Waals surface area contributed by atoms with E-state index in [0.717, 1.165) is 25.7 Å². The summed E-state index contributed by atoms with van der Waals surface area (Å²) in [4.78, 5) is 0. The maximum atomic E-state index is 6.00. The topological polar surface area (TPSA) is 36.9 Å². The Morgan fingerprint density at radius 3 is 2.71 bits per heavy atom. The largest absolute Gasteiger partial charge is 0.351 e. The van der Waals surface area contributed by atoms with Gasteiger partial charge in [-0.1, -0.05) is 19.8 Å². The summed E-state index contributed by atoms with van der Waals surface area (Å²) in [6.45, 7) is 2.67. The molecule has 2 rings (SSSR count). The highest BCUT2D eigenvalue weighted by atomic mass is 16.8. The Morgan fingerprint density at radius 1 is 1.24 bits per heavy atom. The summed E-state index contributed by atoms with van der Waals surface area (Å²) in [5.74, 6) is -1.06. The number of hydrogen-bond acceptors (Lipinski definition) is 4. The minimum absolute atomic E-state index is 0.0121. The highest BCUT2D eigenvalue weighted by Crippen LogP contribution is 2.45. The lowest BCUT2D eigenvalue weighted by Gasteiger charge is -2.44. The van der Waals surface area contributed by atoms with Crippen molar-refractivity contribution in [3.8, 4) is 0 Å². The third-order valence-corrected chi connectivity index (χ3v) is 4.02. The maximum Gasteiger partial charge on any atom is 0.194 e. The van der Waals surface area contributed by atoms with Crippen LogP contribution < -0.4 is 0 Å². The Kier molecular flexibility index (Phi) is 4.08. The second-order valence-corrected chi connectivity index (χ2v) is 5.02. The monoisotopic (exact) mass is 244 g/mol. The molecule has 0 amide bonds. The van der Waals surface area contributed by atoms with Crippen molar-refractivity contribution in [2.75, 3.05) is 20.8 Å². The average Bonchev–Trinajstić information content (AvgIpc) is 2.74. The van der Waals surface area contributed by atoms with E-state index in [0.29, 0.717) is 6.61 Å². The number of fused-ring (bicyclic) bond motifs is 2. The Morgan fingerprint density at radius 2 is 2.06 bits per heavy atom. The summed E-state index contributed by atoms with van der Waals surface area (Å²) in [6.07, 6.45) is 6.29. The standard InChI is InChI=1S/C13H24O4/c1-4-5-6-8-13(15-3)11-7-9-12(14-2,17-11)10-16-13/h11H,4-10H2,1-3H3. The smallest absolute Gasteiger partial charge is 0.194 e. The van der Waals surface area contributed by atoms with Crippen molar-refractivity contribution in [3.63, 3.8) is 0 Å². The van der Waals surface area contributed by atoms with Gasteiger partial charge in [-0.05, 0) is 12.8 Å². The molecule has 2 aliphatic heterocycles. The molecule has 2 heterocycles. The zero-order chi connectivity index (χ0) is 12.4. The van der Waals surface area contributed by atoms with E-state index >= 15 is 0 Å². The van der Waals surface area contributed by atoms with E-state index in [2.05, 4.69) is 6.92 Å². The predicted molar refractivity (Wildman–Crippen MR) is 63.7 cm³/mol. The van der Waals surface area contributed by atoms with Crippen LogP contribution >= 0.6 is 0 Å². The fourth-order valence-corrected chi connectivity index (χ4v) is 2.83. The third-order valence-electron chi connectivity index (χ3n) is 4.02. The molecule has 2 bridgehead atoms. The molecular weight excluding hydrogens is 220 g/mol. The van der Waals surface area contributed by atoms with E-state index < -0.39 is 11.6 Å². The average molecular weight is 244 g/mol. The lowest BCUT2D eigenvalue weighted by Crippen LogP contribution is -2.55. The van der Waals surface area contributed by atoms with Gasteiger partial charge in [0.05, 0.1) is 0 Å². The second kappa shape index (κ2) is 5.22. The number of methoxy groups -OCH3 is 2. The summed E-state index contributed by atoms with van der Waals surface area (Å²) in [7, 11) is 3.40. The van der Waals surface area contributed by atoms with Crippen LogP contribution in [0.25, 0.3) is 0 Å². The minimum atomic E-state index is -0.548. The van der Waals surface area contributed by atoms with Gasteiger partial charge in [-0.25, -0.2) is 0 Å². The molecule has 0 aromatic heterocycles. The van der Waals surface area contributed by atoms with Gasteiger partial charge in [-0.2, -0.15) is 0 Å². The number of rotatable bonds is 6. The molecule has 0 aliphatic carbocycles. The van der Waals surface area contributed by atoms with Crippen LogP contribution in [0.3, 0.4) is 0 Å². The highest BCUT2D eigenvalue weighted by molar-refractivity contribution is 4.95. The van der Waals surface area contributed by atoms with Gasteiger partial charge in [0, 0.05) is 27.1 Å². The van der Waals surface area contributed by atoms with E-state index in [1.54, 1.807) is 14.2 Å². The molecular formula is C13H24O4. The fraction of sp³-hybridized carbons (Fsp3) is 1.00. The molecule has 0 aromatic rings. The van der Waals surface area contributed by atoms with Crippen LogP contribution in [0.15, 0.2) is 0 Å². The molecule has 0 N–H and O–H groups in total. The Labute approximate surface area is 104 Å². The van der Waals surface area contributed by atoms with Crippen LogP contribution in [0.4, 0.5) is 0 Å². The zero-order valence-corrected chi connectivity index (χ0v) is 11.2. The van der Waals surface area contributed by atoms with Gasteiger partial charge in [0.25, 0.3) is 0 Å². The van der Waals surface area contributed by atoms with Crippen LogP contribution in [0.2, 0.25) is 0 Å². The van der Waals surface area contributed by atoms with Crippen molar-refractivity contribution < 1.29 is 18.9 Å². The summed E-state index contributed by atoms with van der Waals surface area (Å²) in [5.41, 5.74) is 0. The first kappa shape index (κ1) is 13.3. The predicted octanol–water partition coefficient (Wildman–Crippen LogP) is 2.46. The van der Waals surface area contributed by atoms with Gasteiger partial charge >= 0.3 is 0 Å². The SMILES string of the molecule is CCCCCC1(OC)OCC2(OC)CCC1O2. The molecule has 2 aliphatic rings. The van der Waals surface area contributed by atoms with Gasteiger partial charge in [0.1, 0.15) is 12.7 Å². The molecule has 2 fully saturated rings.